The van der Waals surface area contributed by atoms with E-state index in [0.29, 0.717) is 11.4 Å². The SMILES string of the molecule is O=C(Cc1ccc(F)cc1)Nc1noc2ccccc12. The number of aromatic nitrogens is 1. The molecule has 0 aliphatic heterocycles. The van der Waals surface area contributed by atoms with Crippen LogP contribution >= 0.6 is 0 Å². The standard InChI is InChI=1S/C15H11FN2O2/c16-11-7-5-10(6-8-11)9-14(19)17-15-12-3-1-2-4-13(12)20-18-15/h1-8H,9H2,(H,17,18,19). The minimum Gasteiger partial charge on any atom is -0.354 e. The maximum absolute atomic E-state index is 12.8. The van der Waals surface area contributed by atoms with Gasteiger partial charge < -0.3 is 9.84 Å². The molecule has 1 N–H and O–H groups in total. The molecule has 0 radical (unpaired) electrons. The van der Waals surface area contributed by atoms with Crippen LogP contribution in [0.1, 0.15) is 5.56 Å². The summed E-state index contributed by atoms with van der Waals surface area (Å²) in [6.07, 6.45) is 0.154. The van der Waals surface area contributed by atoms with Crippen molar-refractivity contribution in [3.8, 4) is 0 Å². The summed E-state index contributed by atoms with van der Waals surface area (Å²) in [6.45, 7) is 0. The lowest BCUT2D eigenvalue weighted by atomic mass is 10.1. The van der Waals surface area contributed by atoms with Crippen molar-refractivity contribution in [2.45, 2.75) is 6.42 Å². The van der Waals surface area contributed by atoms with Crippen molar-refractivity contribution in [1.82, 2.24) is 5.16 Å². The molecule has 3 aromatic rings. The number of nitrogens with one attached hydrogen (secondary N) is 1. The molecule has 0 bridgehead atoms. The first-order valence-electron chi connectivity index (χ1n) is 6.11. The highest BCUT2D eigenvalue weighted by Gasteiger charge is 2.11. The molecule has 0 saturated carbocycles. The van der Waals surface area contributed by atoms with E-state index in [1.807, 2.05) is 18.2 Å². The summed E-state index contributed by atoms with van der Waals surface area (Å²) >= 11 is 0. The van der Waals surface area contributed by atoms with Gasteiger partial charge in [-0.2, -0.15) is 0 Å². The van der Waals surface area contributed by atoms with Gasteiger partial charge in [0.2, 0.25) is 5.91 Å². The molecule has 0 aliphatic carbocycles. The average molecular weight is 270 g/mol. The van der Waals surface area contributed by atoms with Gasteiger partial charge in [0.05, 0.1) is 11.8 Å². The number of hydrogen-bond donors (Lipinski definition) is 1. The molecular formula is C15H11FN2O2. The Kier molecular flexibility index (Phi) is 3.16. The van der Waals surface area contributed by atoms with Gasteiger partial charge in [-0.1, -0.05) is 29.4 Å². The third kappa shape index (κ3) is 2.51. The van der Waals surface area contributed by atoms with Gasteiger partial charge in [0.1, 0.15) is 5.82 Å². The second-order valence-electron chi connectivity index (χ2n) is 4.38. The molecule has 3 rings (SSSR count). The fraction of sp³-hybridized carbons (Fsp3) is 0.0667. The molecule has 0 fully saturated rings. The Labute approximate surface area is 114 Å². The summed E-state index contributed by atoms with van der Waals surface area (Å²) in [4.78, 5) is 11.9. The van der Waals surface area contributed by atoms with Crippen LogP contribution in [-0.4, -0.2) is 11.1 Å². The fourth-order valence-electron chi connectivity index (χ4n) is 1.94. The molecule has 1 amide bonds. The lowest BCUT2D eigenvalue weighted by molar-refractivity contribution is -0.115. The van der Waals surface area contributed by atoms with E-state index in [1.54, 1.807) is 18.2 Å². The van der Waals surface area contributed by atoms with Gasteiger partial charge in [0.15, 0.2) is 11.4 Å². The third-order valence-electron chi connectivity index (χ3n) is 2.91. The minimum absolute atomic E-state index is 0.154. The highest BCUT2D eigenvalue weighted by atomic mass is 19.1. The van der Waals surface area contributed by atoms with Crippen molar-refractivity contribution >= 4 is 22.7 Å². The van der Waals surface area contributed by atoms with Gasteiger partial charge >= 0.3 is 0 Å². The smallest absolute Gasteiger partial charge is 0.230 e. The number of rotatable bonds is 3. The molecule has 4 nitrogen and oxygen atoms in total. The zero-order chi connectivity index (χ0) is 13.9. The predicted molar refractivity (Wildman–Crippen MR) is 72.7 cm³/mol. The van der Waals surface area contributed by atoms with Crippen LogP contribution in [0.5, 0.6) is 0 Å². The van der Waals surface area contributed by atoms with E-state index >= 15 is 0 Å². The number of amides is 1. The highest BCUT2D eigenvalue weighted by Crippen LogP contribution is 2.22. The Morgan fingerprint density at radius 2 is 1.90 bits per heavy atom. The summed E-state index contributed by atoms with van der Waals surface area (Å²) in [5, 5.41) is 7.26. The second-order valence-corrected chi connectivity index (χ2v) is 4.38. The van der Waals surface area contributed by atoms with E-state index in [-0.39, 0.29) is 18.1 Å². The number of anilines is 1. The summed E-state index contributed by atoms with van der Waals surface area (Å²) in [5.41, 5.74) is 1.35. The molecule has 5 heteroatoms. The van der Waals surface area contributed by atoms with Crippen LogP contribution in [0.25, 0.3) is 11.0 Å². The molecule has 0 aliphatic rings. The van der Waals surface area contributed by atoms with E-state index in [0.717, 1.165) is 10.9 Å². The number of nitrogens with zero attached hydrogens (tertiary/aromatic N) is 1. The lowest BCUT2D eigenvalue weighted by Crippen LogP contribution is -2.14. The van der Waals surface area contributed by atoms with Gasteiger partial charge in [-0.25, -0.2) is 4.39 Å². The molecule has 0 spiro atoms. The van der Waals surface area contributed by atoms with Crippen molar-refractivity contribution < 1.29 is 13.7 Å². The molecule has 1 aromatic heterocycles. The fourth-order valence-corrected chi connectivity index (χ4v) is 1.94. The van der Waals surface area contributed by atoms with Crippen LogP contribution in [0, 0.1) is 5.82 Å². The van der Waals surface area contributed by atoms with Gasteiger partial charge in [-0.05, 0) is 29.8 Å². The predicted octanol–water partition coefficient (Wildman–Crippen LogP) is 3.15. The summed E-state index contributed by atoms with van der Waals surface area (Å²) in [6, 6.07) is 13.1. The number of carbonyl (C=O) groups excluding carboxylic acids is 1. The Hall–Kier alpha value is -2.69. The number of fused-ring (bicyclic) bond motifs is 1. The lowest BCUT2D eigenvalue weighted by Gasteiger charge is -2.02. The summed E-state index contributed by atoms with van der Waals surface area (Å²) < 4.78 is 17.9. The topological polar surface area (TPSA) is 55.1 Å². The Morgan fingerprint density at radius 3 is 2.70 bits per heavy atom. The minimum atomic E-state index is -0.323. The number of benzene rings is 2. The first-order valence-corrected chi connectivity index (χ1v) is 6.11. The Morgan fingerprint density at radius 1 is 1.15 bits per heavy atom. The van der Waals surface area contributed by atoms with Crippen LogP contribution in [0.2, 0.25) is 0 Å². The molecule has 0 saturated heterocycles. The third-order valence-corrected chi connectivity index (χ3v) is 2.91. The van der Waals surface area contributed by atoms with Crippen molar-refractivity contribution in [3.05, 3.63) is 59.9 Å². The quantitative estimate of drug-likeness (QED) is 0.795. The summed E-state index contributed by atoms with van der Waals surface area (Å²) in [7, 11) is 0. The van der Waals surface area contributed by atoms with E-state index in [4.69, 9.17) is 4.52 Å². The Balaban J connectivity index is 1.74. The number of para-hydroxylation sites is 1. The first kappa shape index (κ1) is 12.3. The average Bonchev–Trinajstić information content (AvgIpc) is 2.85. The molecule has 100 valence electrons. The van der Waals surface area contributed by atoms with Crippen LogP contribution in [0.15, 0.2) is 53.1 Å². The highest BCUT2D eigenvalue weighted by molar-refractivity contribution is 5.99. The molecule has 1 heterocycles. The van der Waals surface area contributed by atoms with Gasteiger partial charge in [0, 0.05) is 0 Å². The zero-order valence-corrected chi connectivity index (χ0v) is 10.5. The number of hydrogen-bond acceptors (Lipinski definition) is 3. The molecule has 0 unspecified atom stereocenters. The van der Waals surface area contributed by atoms with Crippen molar-refractivity contribution in [3.63, 3.8) is 0 Å². The maximum Gasteiger partial charge on any atom is 0.230 e. The van der Waals surface area contributed by atoms with Crippen molar-refractivity contribution in [2.75, 3.05) is 5.32 Å². The van der Waals surface area contributed by atoms with Crippen LogP contribution in [-0.2, 0) is 11.2 Å². The van der Waals surface area contributed by atoms with Gasteiger partial charge in [-0.3, -0.25) is 4.79 Å². The van der Waals surface area contributed by atoms with Crippen molar-refractivity contribution in [1.29, 1.82) is 0 Å². The van der Waals surface area contributed by atoms with E-state index in [1.165, 1.54) is 12.1 Å². The molecular weight excluding hydrogens is 259 g/mol. The maximum atomic E-state index is 12.8. The zero-order valence-electron chi connectivity index (χ0n) is 10.5. The van der Waals surface area contributed by atoms with E-state index in [9.17, 15) is 9.18 Å². The van der Waals surface area contributed by atoms with Gasteiger partial charge in [-0.15, -0.1) is 0 Å². The van der Waals surface area contributed by atoms with Crippen LogP contribution in [0.4, 0.5) is 10.2 Å². The van der Waals surface area contributed by atoms with Crippen molar-refractivity contribution in [2.24, 2.45) is 0 Å². The van der Waals surface area contributed by atoms with Gasteiger partial charge in [0.25, 0.3) is 0 Å². The van der Waals surface area contributed by atoms with Crippen LogP contribution < -0.4 is 5.32 Å². The normalized spacial score (nSPS) is 10.7. The Bertz CT molecular complexity index is 750. The number of halogens is 1. The second kappa shape index (κ2) is 5.13. The largest absolute Gasteiger partial charge is 0.354 e. The first-order chi connectivity index (χ1) is 9.72. The van der Waals surface area contributed by atoms with E-state index < -0.39 is 0 Å². The summed E-state index contributed by atoms with van der Waals surface area (Å²) in [5.74, 6) is -0.153. The molecule has 0 atom stereocenters. The van der Waals surface area contributed by atoms with E-state index in [2.05, 4.69) is 10.5 Å². The molecule has 20 heavy (non-hydrogen) atoms. The molecule has 2 aromatic carbocycles. The monoisotopic (exact) mass is 270 g/mol. The van der Waals surface area contributed by atoms with Crippen LogP contribution in [0.3, 0.4) is 0 Å². The number of carbonyl (C=O) groups is 1.